The van der Waals surface area contributed by atoms with E-state index in [1.54, 1.807) is 0 Å². The number of alkyl halides is 3. The van der Waals surface area contributed by atoms with E-state index in [-0.39, 0.29) is 24.1 Å². The van der Waals surface area contributed by atoms with Crippen LogP contribution in [-0.4, -0.2) is 15.2 Å². The molecule has 2 unspecified atom stereocenters. The second kappa shape index (κ2) is 8.99. The van der Waals surface area contributed by atoms with Crippen molar-refractivity contribution in [3.8, 4) is 0 Å². The van der Waals surface area contributed by atoms with Crippen LogP contribution in [0.25, 0.3) is 5.82 Å². The van der Waals surface area contributed by atoms with Gasteiger partial charge >= 0.3 is 6.18 Å². The Morgan fingerprint density at radius 3 is 2.51 bits per heavy atom. The van der Waals surface area contributed by atoms with Gasteiger partial charge in [-0.1, -0.05) is 42.5 Å². The van der Waals surface area contributed by atoms with E-state index in [0.29, 0.717) is 26.9 Å². The molecule has 0 radical (unpaired) electrons. The number of halogens is 3. The van der Waals surface area contributed by atoms with E-state index in [1.807, 2.05) is 46.5 Å². The minimum absolute atomic E-state index is 0.144. The molecule has 0 bridgehead atoms. The van der Waals surface area contributed by atoms with Gasteiger partial charge in [-0.15, -0.1) is 0 Å². The molecule has 0 amide bonds. The first-order chi connectivity index (χ1) is 16.7. The van der Waals surface area contributed by atoms with Crippen molar-refractivity contribution >= 4 is 23.7 Å². The minimum atomic E-state index is -4.38. The molecule has 2 heterocycles. The summed E-state index contributed by atoms with van der Waals surface area (Å²) in [6.45, 7) is 0.253. The first kappa shape index (κ1) is 23.3. The predicted octanol–water partition coefficient (Wildman–Crippen LogP) is 3.75. The van der Waals surface area contributed by atoms with Gasteiger partial charge in [-0.05, 0) is 49.1 Å². The highest BCUT2D eigenvalue weighted by atomic mass is 32.1. The van der Waals surface area contributed by atoms with Gasteiger partial charge in [0.1, 0.15) is 15.9 Å². The molecular formula is C25H25F3N6S. The number of hydrogen-bond acceptors (Lipinski definition) is 5. The van der Waals surface area contributed by atoms with Gasteiger partial charge in [0.05, 0.1) is 22.9 Å². The third-order valence-corrected chi connectivity index (χ3v) is 7.09. The third kappa shape index (κ3) is 4.38. The fourth-order valence-corrected chi connectivity index (χ4v) is 5.09. The van der Waals surface area contributed by atoms with Crippen molar-refractivity contribution in [2.45, 2.75) is 44.1 Å². The molecule has 10 heteroatoms. The van der Waals surface area contributed by atoms with Crippen molar-refractivity contribution in [1.82, 2.24) is 14.5 Å². The average molecular weight is 499 g/mol. The maximum Gasteiger partial charge on any atom is 0.416 e. The fourth-order valence-electron chi connectivity index (χ4n) is 4.81. The Bertz CT molecular complexity index is 1490. The molecule has 182 valence electrons. The van der Waals surface area contributed by atoms with Crippen LogP contribution in [0, 0.1) is 10.0 Å². The number of hydrogen-bond donors (Lipinski definition) is 3. The Balaban J connectivity index is 1.60. The molecule has 2 atom stereocenters. The van der Waals surface area contributed by atoms with Crippen molar-refractivity contribution < 1.29 is 13.2 Å². The fraction of sp³-hybridized carbons (Fsp3) is 0.320. The summed E-state index contributed by atoms with van der Waals surface area (Å²) in [5.74, 6) is 0.526. The van der Waals surface area contributed by atoms with Crippen molar-refractivity contribution in [2.75, 3.05) is 5.32 Å². The van der Waals surface area contributed by atoms with Gasteiger partial charge in [0.25, 0.3) is 0 Å². The van der Waals surface area contributed by atoms with Crippen LogP contribution in [0.4, 0.5) is 18.9 Å². The molecule has 5 rings (SSSR count). The Hall–Kier alpha value is -3.40. The summed E-state index contributed by atoms with van der Waals surface area (Å²) < 4.78 is 43.1. The van der Waals surface area contributed by atoms with Crippen LogP contribution in [0.3, 0.4) is 0 Å². The lowest BCUT2D eigenvalue weighted by atomic mass is 10.1. The molecule has 1 aromatic heterocycles. The van der Waals surface area contributed by atoms with Crippen molar-refractivity contribution in [1.29, 1.82) is 5.41 Å². The van der Waals surface area contributed by atoms with E-state index >= 15 is 0 Å². The lowest BCUT2D eigenvalue weighted by Crippen LogP contribution is -2.50. The number of aromatic nitrogens is 2. The van der Waals surface area contributed by atoms with E-state index in [9.17, 15) is 13.2 Å². The van der Waals surface area contributed by atoms with Gasteiger partial charge < -0.3 is 15.2 Å². The first-order valence-corrected chi connectivity index (χ1v) is 11.8. The van der Waals surface area contributed by atoms with Gasteiger partial charge in [-0.25, -0.2) is 4.99 Å². The number of para-hydroxylation sites is 1. The second-order valence-corrected chi connectivity index (χ2v) is 9.25. The number of fused-ring (bicyclic) bond motifs is 3. The topological polar surface area (TPSA) is 70.1 Å². The molecule has 1 aliphatic carbocycles. The summed E-state index contributed by atoms with van der Waals surface area (Å²) in [6.07, 6.45) is -1.34. The zero-order chi connectivity index (χ0) is 24.7. The van der Waals surface area contributed by atoms with E-state index in [0.717, 1.165) is 37.1 Å². The molecule has 0 saturated heterocycles. The number of nitrogens with zero attached hydrogens (tertiary/aromatic N) is 3. The van der Waals surface area contributed by atoms with Gasteiger partial charge in [0.15, 0.2) is 0 Å². The summed E-state index contributed by atoms with van der Waals surface area (Å²) >= 11 is 5.78. The highest BCUT2D eigenvalue weighted by molar-refractivity contribution is 7.71. The number of anilines is 1. The van der Waals surface area contributed by atoms with E-state index in [4.69, 9.17) is 22.6 Å². The Morgan fingerprint density at radius 2 is 1.83 bits per heavy atom. The quantitative estimate of drug-likeness (QED) is 0.470. The zero-order valence-corrected chi connectivity index (χ0v) is 19.9. The zero-order valence-electron chi connectivity index (χ0n) is 19.1. The van der Waals surface area contributed by atoms with E-state index in [2.05, 4.69) is 10.6 Å². The lowest BCUT2D eigenvalue weighted by Gasteiger charge is -2.18. The minimum Gasteiger partial charge on any atom is -0.367 e. The SMILES string of the molecule is Cn1c(=S)c(=C(NCc2ccc(C(F)(F)F)cc2)Nc2ccccc2)c(=N)n2c1=NC1CCCC12. The molecule has 35 heavy (non-hydrogen) atoms. The van der Waals surface area contributed by atoms with Gasteiger partial charge in [0.2, 0.25) is 5.62 Å². The molecule has 6 nitrogen and oxygen atoms in total. The third-order valence-electron chi connectivity index (χ3n) is 6.61. The molecule has 1 saturated carbocycles. The standard InChI is InChI=1S/C25H25F3N6S/c1-33-23(35)20(21(29)34-19-9-5-8-18(19)32-24(33)34)22(31-17-6-3-2-4-7-17)30-14-15-10-12-16(13-11-15)25(26,27)28/h2-4,6-7,10-13,18-19,29-31H,5,8-9,14H2,1H3. The number of nitrogens with one attached hydrogen (secondary N) is 3. The maximum atomic E-state index is 13.0. The largest absolute Gasteiger partial charge is 0.416 e. The first-order valence-electron chi connectivity index (χ1n) is 11.4. The Kier molecular flexibility index (Phi) is 6.00. The molecule has 1 aliphatic heterocycles. The lowest BCUT2D eigenvalue weighted by molar-refractivity contribution is -0.137. The highest BCUT2D eigenvalue weighted by Crippen LogP contribution is 2.32. The number of rotatable bonds is 5. The van der Waals surface area contributed by atoms with E-state index in [1.165, 1.54) is 12.1 Å². The van der Waals surface area contributed by atoms with Crippen LogP contribution in [0.1, 0.15) is 36.4 Å². The molecule has 2 aromatic carbocycles. The molecule has 0 spiro atoms. The monoisotopic (exact) mass is 498 g/mol. The summed E-state index contributed by atoms with van der Waals surface area (Å²) in [4.78, 5) is 4.84. The van der Waals surface area contributed by atoms with Crippen molar-refractivity contribution in [2.24, 2.45) is 12.0 Å². The molecule has 2 aliphatic rings. The second-order valence-electron chi connectivity index (χ2n) is 8.87. The van der Waals surface area contributed by atoms with Crippen LogP contribution in [0.5, 0.6) is 0 Å². The molecule has 3 N–H and O–H groups in total. The van der Waals surface area contributed by atoms with Gasteiger partial charge in [-0.3, -0.25) is 9.98 Å². The van der Waals surface area contributed by atoms with Crippen LogP contribution in [-0.2, 0) is 19.8 Å². The Labute approximate surface area is 205 Å². The number of benzene rings is 2. The maximum absolute atomic E-state index is 13.0. The molecular weight excluding hydrogens is 473 g/mol. The van der Waals surface area contributed by atoms with Crippen LogP contribution >= 0.6 is 12.2 Å². The van der Waals surface area contributed by atoms with Crippen LogP contribution in [0.2, 0.25) is 0 Å². The summed E-state index contributed by atoms with van der Waals surface area (Å²) in [7, 11) is 1.86. The summed E-state index contributed by atoms with van der Waals surface area (Å²) in [5, 5.41) is 16.3. The highest BCUT2D eigenvalue weighted by Gasteiger charge is 2.34. The van der Waals surface area contributed by atoms with Gasteiger partial charge in [-0.2, -0.15) is 13.2 Å². The van der Waals surface area contributed by atoms with E-state index < -0.39 is 11.7 Å². The molecule has 3 aromatic rings. The summed E-state index contributed by atoms with van der Waals surface area (Å²) in [5.41, 5.74) is 1.77. The summed E-state index contributed by atoms with van der Waals surface area (Å²) in [6, 6.07) is 14.8. The van der Waals surface area contributed by atoms with Crippen molar-refractivity contribution in [3.63, 3.8) is 0 Å². The smallest absolute Gasteiger partial charge is 0.367 e. The molecule has 1 fully saturated rings. The van der Waals surface area contributed by atoms with Crippen LogP contribution < -0.4 is 27.0 Å². The van der Waals surface area contributed by atoms with Gasteiger partial charge in [0, 0.05) is 19.3 Å². The predicted molar refractivity (Wildman–Crippen MR) is 129 cm³/mol. The average Bonchev–Trinajstić information content (AvgIpc) is 3.43. The normalized spacial score (nSPS) is 19.5. The van der Waals surface area contributed by atoms with Crippen molar-refractivity contribution in [3.05, 3.63) is 86.7 Å². The van der Waals surface area contributed by atoms with Crippen LogP contribution in [0.15, 0.2) is 59.6 Å². The Morgan fingerprint density at radius 1 is 1.11 bits per heavy atom.